The Morgan fingerprint density at radius 2 is 1.19 bits per heavy atom. The Bertz CT molecular complexity index is 689. The fourth-order valence-corrected chi connectivity index (χ4v) is 2.49. The molecule has 0 amide bonds. The first kappa shape index (κ1) is 13.7. The van der Waals surface area contributed by atoms with E-state index in [2.05, 4.69) is 20.8 Å². The van der Waals surface area contributed by atoms with Crippen molar-refractivity contribution in [1.29, 1.82) is 0 Å². The predicted molar refractivity (Wildman–Crippen MR) is 90.5 cm³/mol. The molecule has 0 atom stereocenters. The van der Waals surface area contributed by atoms with E-state index < -0.39 is 0 Å². The van der Waals surface area contributed by atoms with E-state index in [0.717, 1.165) is 17.1 Å². The minimum Gasteiger partial charge on any atom is -0.507 e. The van der Waals surface area contributed by atoms with Crippen molar-refractivity contribution in [1.82, 2.24) is 0 Å². The topological polar surface area (TPSA) is 23.5 Å². The number of halogens is 1. The van der Waals surface area contributed by atoms with E-state index in [9.17, 15) is 5.11 Å². The van der Waals surface area contributed by atoms with Crippen LogP contribution in [0, 0.1) is 0 Å². The van der Waals surface area contributed by atoms with Gasteiger partial charge in [0, 0.05) is 23.1 Å². The highest BCUT2D eigenvalue weighted by atomic mass is 79.9. The average Bonchev–Trinajstić information content (AvgIpc) is 2.53. The Morgan fingerprint density at radius 1 is 0.667 bits per heavy atom. The Labute approximate surface area is 132 Å². The molecule has 3 rings (SSSR count). The highest BCUT2D eigenvalue weighted by Crippen LogP contribution is 2.37. The van der Waals surface area contributed by atoms with E-state index in [1.807, 2.05) is 72.8 Å². The van der Waals surface area contributed by atoms with Crippen LogP contribution in [0.2, 0.25) is 0 Å². The molecule has 0 radical (unpaired) electrons. The molecule has 0 aliphatic heterocycles. The lowest BCUT2D eigenvalue weighted by Gasteiger charge is -2.25. The number of phenols is 1. The van der Waals surface area contributed by atoms with Gasteiger partial charge < -0.3 is 10.0 Å². The minimum absolute atomic E-state index is 0.226. The molecule has 0 aromatic heterocycles. The van der Waals surface area contributed by atoms with Gasteiger partial charge in [-0.25, -0.2) is 0 Å². The van der Waals surface area contributed by atoms with Crippen LogP contribution >= 0.6 is 15.9 Å². The molecule has 0 bridgehead atoms. The molecular formula is C18H14BrNO. The Balaban J connectivity index is 2.14. The Hall–Kier alpha value is -2.26. The van der Waals surface area contributed by atoms with Gasteiger partial charge in [-0.1, -0.05) is 36.4 Å². The van der Waals surface area contributed by atoms with Crippen molar-refractivity contribution in [3.63, 3.8) is 0 Å². The number of aromatic hydroxyl groups is 1. The zero-order valence-electron chi connectivity index (χ0n) is 11.3. The van der Waals surface area contributed by atoms with Crippen LogP contribution in [-0.2, 0) is 0 Å². The largest absolute Gasteiger partial charge is 0.507 e. The predicted octanol–water partition coefficient (Wildman–Crippen LogP) is 5.62. The van der Waals surface area contributed by atoms with E-state index in [0.29, 0.717) is 4.47 Å². The summed E-state index contributed by atoms with van der Waals surface area (Å²) in [5.41, 5.74) is 3.00. The number of hydrogen-bond donors (Lipinski definition) is 1. The monoisotopic (exact) mass is 339 g/mol. The third-order valence-corrected chi connectivity index (χ3v) is 3.89. The smallest absolute Gasteiger partial charge is 0.131 e. The fourth-order valence-electron chi connectivity index (χ4n) is 2.24. The van der Waals surface area contributed by atoms with Crippen LogP contribution in [0.15, 0.2) is 83.3 Å². The van der Waals surface area contributed by atoms with Gasteiger partial charge in [-0.05, 0) is 52.3 Å². The molecule has 1 N–H and O–H groups in total. The van der Waals surface area contributed by atoms with Crippen LogP contribution in [0.3, 0.4) is 0 Å². The van der Waals surface area contributed by atoms with Gasteiger partial charge in [0.25, 0.3) is 0 Å². The zero-order valence-corrected chi connectivity index (χ0v) is 12.9. The van der Waals surface area contributed by atoms with E-state index in [1.165, 1.54) is 0 Å². The van der Waals surface area contributed by atoms with Crippen molar-refractivity contribution in [2.75, 3.05) is 4.90 Å². The van der Waals surface area contributed by atoms with E-state index >= 15 is 0 Å². The van der Waals surface area contributed by atoms with E-state index in [1.54, 1.807) is 6.07 Å². The molecule has 104 valence electrons. The molecule has 0 heterocycles. The number of anilines is 3. The number of rotatable bonds is 3. The molecule has 0 spiro atoms. The van der Waals surface area contributed by atoms with Crippen LogP contribution in [0.4, 0.5) is 17.1 Å². The molecule has 3 aromatic rings. The highest BCUT2D eigenvalue weighted by Gasteiger charge is 2.12. The van der Waals surface area contributed by atoms with Gasteiger partial charge in [0.15, 0.2) is 0 Å². The summed E-state index contributed by atoms with van der Waals surface area (Å²) in [5, 5.41) is 9.97. The van der Waals surface area contributed by atoms with Gasteiger partial charge in [0.1, 0.15) is 5.75 Å². The van der Waals surface area contributed by atoms with Gasteiger partial charge in [0.05, 0.1) is 4.47 Å². The van der Waals surface area contributed by atoms with Crippen molar-refractivity contribution in [2.45, 2.75) is 0 Å². The molecule has 0 saturated carbocycles. The Morgan fingerprint density at radius 3 is 1.67 bits per heavy atom. The minimum atomic E-state index is 0.226. The highest BCUT2D eigenvalue weighted by molar-refractivity contribution is 9.10. The summed E-state index contributed by atoms with van der Waals surface area (Å²) in [6.07, 6.45) is 0. The second-order valence-corrected chi connectivity index (χ2v) is 5.50. The number of benzene rings is 3. The number of hydrogen-bond acceptors (Lipinski definition) is 2. The second kappa shape index (κ2) is 6.02. The normalized spacial score (nSPS) is 10.3. The molecule has 0 fully saturated rings. The maximum absolute atomic E-state index is 9.97. The quantitative estimate of drug-likeness (QED) is 0.668. The average molecular weight is 340 g/mol. The molecule has 0 aliphatic rings. The lowest BCUT2D eigenvalue weighted by atomic mass is 10.2. The number of nitrogens with zero attached hydrogens (tertiary/aromatic N) is 1. The lowest BCUT2D eigenvalue weighted by Crippen LogP contribution is -2.09. The summed E-state index contributed by atoms with van der Waals surface area (Å²) < 4.78 is 0.687. The molecule has 2 nitrogen and oxygen atoms in total. The van der Waals surface area contributed by atoms with Crippen LogP contribution in [0.1, 0.15) is 0 Å². The van der Waals surface area contributed by atoms with Crippen LogP contribution in [-0.4, -0.2) is 5.11 Å². The maximum Gasteiger partial charge on any atom is 0.131 e. The number of para-hydroxylation sites is 2. The summed E-state index contributed by atoms with van der Waals surface area (Å²) in [7, 11) is 0. The van der Waals surface area contributed by atoms with Crippen LogP contribution in [0.25, 0.3) is 0 Å². The van der Waals surface area contributed by atoms with Gasteiger partial charge in [-0.3, -0.25) is 0 Å². The molecule has 0 aliphatic carbocycles. The molecule has 21 heavy (non-hydrogen) atoms. The first-order valence-corrected chi connectivity index (χ1v) is 7.44. The van der Waals surface area contributed by atoms with Crippen molar-refractivity contribution >= 4 is 33.0 Å². The third kappa shape index (κ3) is 2.93. The zero-order chi connectivity index (χ0) is 14.7. The van der Waals surface area contributed by atoms with Crippen LogP contribution < -0.4 is 4.90 Å². The van der Waals surface area contributed by atoms with Gasteiger partial charge in [0.2, 0.25) is 0 Å². The molecule has 3 heteroatoms. The number of phenolic OH excluding ortho intramolecular Hbond substituents is 1. The van der Waals surface area contributed by atoms with Gasteiger partial charge in [-0.15, -0.1) is 0 Å². The Kier molecular flexibility index (Phi) is 3.93. The summed E-state index contributed by atoms with van der Waals surface area (Å²) in [5.74, 6) is 0.226. The maximum atomic E-state index is 9.97. The van der Waals surface area contributed by atoms with Gasteiger partial charge >= 0.3 is 0 Å². The summed E-state index contributed by atoms with van der Waals surface area (Å²) in [6, 6.07) is 25.8. The van der Waals surface area contributed by atoms with E-state index in [4.69, 9.17) is 0 Å². The summed E-state index contributed by atoms with van der Waals surface area (Å²) >= 11 is 3.32. The first-order valence-electron chi connectivity index (χ1n) is 6.64. The van der Waals surface area contributed by atoms with Crippen molar-refractivity contribution in [3.05, 3.63) is 83.3 Å². The van der Waals surface area contributed by atoms with Gasteiger partial charge in [-0.2, -0.15) is 0 Å². The van der Waals surface area contributed by atoms with Crippen molar-refractivity contribution in [3.8, 4) is 5.75 Å². The third-order valence-electron chi connectivity index (χ3n) is 3.22. The van der Waals surface area contributed by atoms with Crippen molar-refractivity contribution < 1.29 is 5.11 Å². The second-order valence-electron chi connectivity index (χ2n) is 4.64. The lowest BCUT2D eigenvalue weighted by molar-refractivity contribution is 0.472. The SMILES string of the molecule is Oc1cc(N(c2ccccc2)c2ccccc2)ccc1Br. The first-order chi connectivity index (χ1) is 10.3. The van der Waals surface area contributed by atoms with Crippen LogP contribution in [0.5, 0.6) is 5.75 Å². The summed E-state index contributed by atoms with van der Waals surface area (Å²) in [6.45, 7) is 0. The molecule has 0 saturated heterocycles. The molecular weight excluding hydrogens is 326 g/mol. The standard InChI is InChI=1S/C18H14BrNO/c19-17-12-11-16(13-18(17)21)20(14-7-3-1-4-8-14)15-9-5-2-6-10-15/h1-13,21H. The fraction of sp³-hybridized carbons (Fsp3) is 0. The summed E-state index contributed by atoms with van der Waals surface area (Å²) in [4.78, 5) is 2.10. The van der Waals surface area contributed by atoms with Crippen molar-refractivity contribution in [2.24, 2.45) is 0 Å². The molecule has 0 unspecified atom stereocenters. The van der Waals surface area contributed by atoms with E-state index in [-0.39, 0.29) is 5.75 Å². The molecule has 3 aromatic carbocycles.